The Balaban J connectivity index is 0.000000377. The van der Waals surface area contributed by atoms with Crippen LogP contribution in [0.4, 0.5) is 5.69 Å². The van der Waals surface area contributed by atoms with Crippen LogP contribution < -0.4 is 4.90 Å². The Kier molecular flexibility index (Phi) is 7.87. The molecule has 0 unspecified atom stereocenters. The predicted octanol–water partition coefficient (Wildman–Crippen LogP) is 2.22. The number of nitrogens with zero attached hydrogens (tertiary/aromatic N) is 3. The summed E-state index contributed by atoms with van der Waals surface area (Å²) in [6.07, 6.45) is 4.34. The number of carboxylic acid groups (broad SMARTS) is 2. The third-order valence-corrected chi connectivity index (χ3v) is 5.65. The smallest absolute Gasteiger partial charge is 0.414 e. The van der Waals surface area contributed by atoms with Gasteiger partial charge in [0.1, 0.15) is 5.76 Å². The number of piperazine rings is 1. The van der Waals surface area contributed by atoms with Crippen molar-refractivity contribution in [3.8, 4) is 0 Å². The lowest BCUT2D eigenvalue weighted by molar-refractivity contribution is -0.159. The third-order valence-electron chi connectivity index (χ3n) is 5.65. The number of carbonyl (C=O) groups is 2. The number of piperidine rings is 1. The van der Waals surface area contributed by atoms with Gasteiger partial charge in [-0.2, -0.15) is 0 Å². The first kappa shape index (κ1) is 21.9. The van der Waals surface area contributed by atoms with Gasteiger partial charge in [-0.25, -0.2) is 9.59 Å². The van der Waals surface area contributed by atoms with Gasteiger partial charge in [0, 0.05) is 51.0 Å². The summed E-state index contributed by atoms with van der Waals surface area (Å²) in [5, 5.41) is 14.8. The maximum atomic E-state index is 9.10. The number of likely N-dealkylation sites (tertiary alicyclic amines) is 1. The van der Waals surface area contributed by atoms with E-state index in [4.69, 9.17) is 24.2 Å². The average Bonchev–Trinajstić information content (AvgIpc) is 3.28. The summed E-state index contributed by atoms with van der Waals surface area (Å²) >= 11 is 0. The molecule has 0 aliphatic carbocycles. The van der Waals surface area contributed by atoms with Crippen molar-refractivity contribution in [1.82, 2.24) is 9.80 Å². The number of benzene rings is 1. The van der Waals surface area contributed by atoms with Crippen LogP contribution >= 0.6 is 0 Å². The molecule has 30 heavy (non-hydrogen) atoms. The minimum absolute atomic E-state index is 0.760. The van der Waals surface area contributed by atoms with E-state index in [2.05, 4.69) is 51.1 Å². The Morgan fingerprint density at radius 1 is 0.867 bits per heavy atom. The van der Waals surface area contributed by atoms with Crippen molar-refractivity contribution in [2.45, 2.75) is 25.4 Å². The monoisotopic (exact) mass is 415 g/mol. The molecule has 2 N–H and O–H groups in total. The quantitative estimate of drug-likeness (QED) is 0.734. The molecule has 0 bridgehead atoms. The molecule has 8 heteroatoms. The van der Waals surface area contributed by atoms with E-state index in [1.165, 1.54) is 44.7 Å². The molecule has 2 fully saturated rings. The van der Waals surface area contributed by atoms with Gasteiger partial charge < -0.3 is 19.5 Å². The van der Waals surface area contributed by atoms with Crippen LogP contribution in [0.25, 0.3) is 0 Å². The second kappa shape index (κ2) is 10.8. The van der Waals surface area contributed by atoms with Crippen molar-refractivity contribution >= 4 is 17.6 Å². The number of aliphatic carboxylic acids is 2. The molecule has 2 aromatic rings. The van der Waals surface area contributed by atoms with Crippen molar-refractivity contribution in [2.24, 2.45) is 0 Å². The Morgan fingerprint density at radius 2 is 1.50 bits per heavy atom. The van der Waals surface area contributed by atoms with Crippen LogP contribution in [-0.2, 0) is 16.1 Å². The lowest BCUT2D eigenvalue weighted by Gasteiger charge is -2.43. The van der Waals surface area contributed by atoms with E-state index in [1.54, 1.807) is 6.26 Å². The van der Waals surface area contributed by atoms with Crippen LogP contribution in [0, 0.1) is 0 Å². The summed E-state index contributed by atoms with van der Waals surface area (Å²) in [5.41, 5.74) is 1.37. The van der Waals surface area contributed by atoms with Gasteiger partial charge in [-0.1, -0.05) is 18.2 Å². The highest BCUT2D eigenvalue weighted by Crippen LogP contribution is 2.22. The number of carboxylic acids is 2. The summed E-state index contributed by atoms with van der Waals surface area (Å²) in [6, 6.07) is 15.6. The van der Waals surface area contributed by atoms with E-state index < -0.39 is 11.9 Å². The lowest BCUT2D eigenvalue weighted by atomic mass is 10.0. The molecule has 0 amide bonds. The normalized spacial score (nSPS) is 18.5. The van der Waals surface area contributed by atoms with Gasteiger partial charge in [-0.3, -0.25) is 9.80 Å². The highest BCUT2D eigenvalue weighted by atomic mass is 16.4. The number of anilines is 1. The molecule has 1 aromatic heterocycles. The molecular formula is C22H29N3O5. The Labute approximate surface area is 176 Å². The second-order valence-electron chi connectivity index (χ2n) is 7.56. The molecular weight excluding hydrogens is 386 g/mol. The number of hydrogen-bond acceptors (Lipinski definition) is 6. The van der Waals surface area contributed by atoms with E-state index >= 15 is 0 Å². The minimum atomic E-state index is -1.82. The summed E-state index contributed by atoms with van der Waals surface area (Å²) in [7, 11) is 0. The standard InChI is InChI=1S/C20H27N3O.C2H2O4/c1-2-5-18(6-3-1)22-12-14-23(15-13-22)19-8-10-21(11-9-19)17-20-7-4-16-24-20;3-1(4)2(5)6/h1-7,16,19H,8-15,17H2;(H,3,4)(H,5,6). The molecule has 2 aliphatic heterocycles. The van der Waals surface area contributed by atoms with Gasteiger partial charge >= 0.3 is 11.9 Å². The van der Waals surface area contributed by atoms with Crippen molar-refractivity contribution in [3.63, 3.8) is 0 Å². The maximum Gasteiger partial charge on any atom is 0.414 e. The first-order valence-electron chi connectivity index (χ1n) is 10.3. The van der Waals surface area contributed by atoms with E-state index in [9.17, 15) is 0 Å². The molecule has 2 aliphatic rings. The molecule has 0 spiro atoms. The van der Waals surface area contributed by atoms with Crippen LogP contribution in [0.15, 0.2) is 53.1 Å². The van der Waals surface area contributed by atoms with Crippen molar-refractivity contribution in [2.75, 3.05) is 44.2 Å². The van der Waals surface area contributed by atoms with Crippen LogP contribution in [0.1, 0.15) is 18.6 Å². The zero-order valence-corrected chi connectivity index (χ0v) is 17.0. The highest BCUT2D eigenvalue weighted by molar-refractivity contribution is 6.27. The molecule has 0 radical (unpaired) electrons. The average molecular weight is 415 g/mol. The number of para-hydroxylation sites is 1. The summed E-state index contributed by atoms with van der Waals surface area (Å²) < 4.78 is 5.48. The van der Waals surface area contributed by atoms with Crippen molar-refractivity contribution in [1.29, 1.82) is 0 Å². The zero-order chi connectivity index (χ0) is 21.3. The van der Waals surface area contributed by atoms with Crippen LogP contribution in [0.2, 0.25) is 0 Å². The predicted molar refractivity (Wildman–Crippen MR) is 113 cm³/mol. The summed E-state index contributed by atoms with van der Waals surface area (Å²) in [5.74, 6) is -2.56. The Bertz CT molecular complexity index is 768. The Morgan fingerprint density at radius 3 is 2.03 bits per heavy atom. The number of rotatable bonds is 4. The van der Waals surface area contributed by atoms with Gasteiger partial charge in [0.05, 0.1) is 12.8 Å². The van der Waals surface area contributed by atoms with Gasteiger partial charge in [0.25, 0.3) is 0 Å². The fraction of sp³-hybridized carbons (Fsp3) is 0.455. The first-order chi connectivity index (χ1) is 14.5. The fourth-order valence-corrected chi connectivity index (χ4v) is 4.05. The number of furan rings is 1. The molecule has 4 rings (SSSR count). The van der Waals surface area contributed by atoms with Crippen LogP contribution in [0.3, 0.4) is 0 Å². The topological polar surface area (TPSA) is 97.5 Å². The molecule has 3 heterocycles. The summed E-state index contributed by atoms with van der Waals surface area (Å²) in [4.78, 5) is 26.0. The van der Waals surface area contributed by atoms with Crippen LogP contribution in [-0.4, -0.2) is 77.3 Å². The van der Waals surface area contributed by atoms with Crippen molar-refractivity contribution < 1.29 is 24.2 Å². The third kappa shape index (κ3) is 6.33. The molecule has 8 nitrogen and oxygen atoms in total. The van der Waals surface area contributed by atoms with Gasteiger partial charge in [0.15, 0.2) is 0 Å². The van der Waals surface area contributed by atoms with E-state index in [-0.39, 0.29) is 0 Å². The molecule has 0 atom stereocenters. The number of hydrogen-bond donors (Lipinski definition) is 2. The minimum Gasteiger partial charge on any atom is -0.473 e. The van der Waals surface area contributed by atoms with Gasteiger partial charge in [-0.15, -0.1) is 0 Å². The first-order valence-corrected chi connectivity index (χ1v) is 10.3. The van der Waals surface area contributed by atoms with Crippen LogP contribution in [0.5, 0.6) is 0 Å². The molecule has 162 valence electrons. The van der Waals surface area contributed by atoms with E-state index in [0.29, 0.717) is 0 Å². The fourth-order valence-electron chi connectivity index (χ4n) is 4.05. The van der Waals surface area contributed by atoms with Gasteiger partial charge in [0.2, 0.25) is 0 Å². The highest BCUT2D eigenvalue weighted by Gasteiger charge is 2.27. The maximum absolute atomic E-state index is 9.10. The molecule has 1 aromatic carbocycles. The second-order valence-corrected chi connectivity index (χ2v) is 7.56. The van der Waals surface area contributed by atoms with Gasteiger partial charge in [-0.05, 0) is 37.1 Å². The lowest BCUT2D eigenvalue weighted by Crippen LogP contribution is -2.53. The summed E-state index contributed by atoms with van der Waals surface area (Å²) in [6.45, 7) is 8.01. The zero-order valence-electron chi connectivity index (χ0n) is 17.0. The van der Waals surface area contributed by atoms with E-state index in [0.717, 1.165) is 31.4 Å². The molecule has 0 saturated carbocycles. The largest absolute Gasteiger partial charge is 0.473 e. The SMILES string of the molecule is O=C(O)C(=O)O.c1ccc(N2CCN(C3CCN(Cc4ccco4)CC3)CC2)cc1. The van der Waals surface area contributed by atoms with E-state index in [1.807, 2.05) is 6.07 Å². The van der Waals surface area contributed by atoms with Crippen molar-refractivity contribution in [3.05, 3.63) is 54.5 Å². The molecule has 2 saturated heterocycles. The Hall–Kier alpha value is -2.84.